The Balaban J connectivity index is 1.71. The quantitative estimate of drug-likeness (QED) is 0.135. The highest BCUT2D eigenvalue weighted by Gasteiger charge is 2.38. The standard InChI is InChI=1S/C29H29Cl2F2N3O2/c1-28(2)13-6-14-29(3,4)36(28)15-16-38-34-26(21-11-10-20(32)17-24(21)33)19-9-12-25(37)35(18-19)27-22(30)7-5-8-23(27)31/h5-13,17-18H,14-16H2,1-4H3/b34-26+. The Labute approximate surface area is 230 Å². The molecule has 1 aliphatic heterocycles. The summed E-state index contributed by atoms with van der Waals surface area (Å²) in [6.07, 6.45) is 6.72. The Kier molecular flexibility index (Phi) is 8.12. The Hall–Kier alpha value is -3.00. The molecule has 1 aromatic heterocycles. The van der Waals surface area contributed by atoms with Crippen molar-refractivity contribution in [2.75, 3.05) is 13.2 Å². The van der Waals surface area contributed by atoms with Gasteiger partial charge < -0.3 is 4.84 Å². The highest BCUT2D eigenvalue weighted by atomic mass is 35.5. The molecule has 4 rings (SSSR count). The van der Waals surface area contributed by atoms with Crippen LogP contribution in [0, 0.1) is 11.6 Å². The van der Waals surface area contributed by atoms with Gasteiger partial charge in [0.1, 0.15) is 24.0 Å². The van der Waals surface area contributed by atoms with Crippen LogP contribution < -0.4 is 5.56 Å². The number of para-hydroxylation sites is 1. The molecular formula is C29H29Cl2F2N3O2. The van der Waals surface area contributed by atoms with Crippen molar-refractivity contribution in [2.24, 2.45) is 5.16 Å². The van der Waals surface area contributed by atoms with Crippen molar-refractivity contribution in [3.05, 3.63) is 110 Å². The molecule has 0 fully saturated rings. The highest BCUT2D eigenvalue weighted by Crippen LogP contribution is 2.33. The maximum atomic E-state index is 14.9. The van der Waals surface area contributed by atoms with Crippen molar-refractivity contribution in [1.29, 1.82) is 0 Å². The molecule has 3 aromatic rings. The molecule has 5 nitrogen and oxygen atoms in total. The van der Waals surface area contributed by atoms with Gasteiger partial charge in [0, 0.05) is 47.1 Å². The first-order chi connectivity index (χ1) is 17.9. The number of oxime groups is 1. The first kappa shape index (κ1) is 28.0. The average molecular weight is 560 g/mol. The largest absolute Gasteiger partial charge is 0.394 e. The molecule has 38 heavy (non-hydrogen) atoms. The van der Waals surface area contributed by atoms with Crippen molar-refractivity contribution in [3.8, 4) is 5.69 Å². The highest BCUT2D eigenvalue weighted by molar-refractivity contribution is 6.37. The monoisotopic (exact) mass is 559 g/mol. The van der Waals surface area contributed by atoms with E-state index in [0.29, 0.717) is 12.1 Å². The van der Waals surface area contributed by atoms with Gasteiger partial charge in [-0.05, 0) is 64.4 Å². The summed E-state index contributed by atoms with van der Waals surface area (Å²) in [6.45, 7) is 9.41. The summed E-state index contributed by atoms with van der Waals surface area (Å²) in [5, 5.41) is 4.80. The third-order valence-electron chi connectivity index (χ3n) is 6.68. The van der Waals surface area contributed by atoms with Gasteiger partial charge in [-0.15, -0.1) is 0 Å². The van der Waals surface area contributed by atoms with E-state index in [9.17, 15) is 13.6 Å². The van der Waals surface area contributed by atoms with Crippen LogP contribution in [0.5, 0.6) is 0 Å². The van der Waals surface area contributed by atoms with E-state index >= 15 is 0 Å². The third-order valence-corrected chi connectivity index (χ3v) is 7.29. The van der Waals surface area contributed by atoms with Crippen LogP contribution >= 0.6 is 23.2 Å². The van der Waals surface area contributed by atoms with Crippen LogP contribution in [0.4, 0.5) is 8.78 Å². The van der Waals surface area contributed by atoms with Crippen LogP contribution in [0.15, 0.2) is 76.8 Å². The second kappa shape index (κ2) is 11.0. The van der Waals surface area contributed by atoms with Crippen LogP contribution in [0.1, 0.15) is 45.2 Å². The van der Waals surface area contributed by atoms with E-state index in [1.807, 2.05) is 0 Å². The first-order valence-electron chi connectivity index (χ1n) is 12.2. The van der Waals surface area contributed by atoms with Crippen molar-refractivity contribution in [3.63, 3.8) is 0 Å². The predicted octanol–water partition coefficient (Wildman–Crippen LogP) is 7.01. The van der Waals surface area contributed by atoms with E-state index in [2.05, 4.69) is 49.9 Å². The summed E-state index contributed by atoms with van der Waals surface area (Å²) in [5.41, 5.74) is 0.0923. The van der Waals surface area contributed by atoms with Gasteiger partial charge >= 0.3 is 0 Å². The number of pyridine rings is 1. The zero-order valence-electron chi connectivity index (χ0n) is 21.6. The van der Waals surface area contributed by atoms with E-state index in [4.69, 9.17) is 28.0 Å². The molecule has 0 atom stereocenters. The molecule has 200 valence electrons. The minimum absolute atomic E-state index is 0.0171. The van der Waals surface area contributed by atoms with E-state index in [1.54, 1.807) is 18.2 Å². The predicted molar refractivity (Wildman–Crippen MR) is 149 cm³/mol. The smallest absolute Gasteiger partial charge is 0.255 e. The molecule has 0 N–H and O–H groups in total. The minimum atomic E-state index is -0.815. The van der Waals surface area contributed by atoms with Crippen molar-refractivity contribution >= 4 is 28.9 Å². The van der Waals surface area contributed by atoms with E-state index in [0.717, 1.165) is 18.6 Å². The van der Waals surface area contributed by atoms with Crippen molar-refractivity contribution < 1.29 is 13.6 Å². The fraction of sp³-hybridized carbons (Fsp3) is 0.310. The van der Waals surface area contributed by atoms with E-state index < -0.39 is 17.2 Å². The number of halogens is 4. The molecule has 0 saturated heterocycles. The Morgan fingerprint density at radius 3 is 2.42 bits per heavy atom. The average Bonchev–Trinajstić information content (AvgIpc) is 2.82. The first-order valence-corrected chi connectivity index (χ1v) is 12.9. The molecule has 1 aliphatic rings. The Morgan fingerprint density at radius 1 is 1.05 bits per heavy atom. The van der Waals surface area contributed by atoms with E-state index in [1.165, 1.54) is 29.0 Å². The lowest BCUT2D eigenvalue weighted by Gasteiger charge is -2.49. The molecule has 0 aliphatic carbocycles. The molecule has 9 heteroatoms. The lowest BCUT2D eigenvalue weighted by molar-refractivity contribution is 0.00462. The summed E-state index contributed by atoms with van der Waals surface area (Å²) in [7, 11) is 0. The van der Waals surface area contributed by atoms with Crippen LogP contribution in [-0.4, -0.2) is 39.4 Å². The molecule has 0 bridgehead atoms. The Bertz CT molecular complexity index is 1440. The number of nitrogens with zero attached hydrogens (tertiary/aromatic N) is 3. The fourth-order valence-electron chi connectivity index (χ4n) is 4.91. The fourth-order valence-corrected chi connectivity index (χ4v) is 5.49. The summed E-state index contributed by atoms with van der Waals surface area (Å²) in [6, 6.07) is 10.9. The molecule has 0 unspecified atom stereocenters. The topological polar surface area (TPSA) is 46.8 Å². The lowest BCUT2D eigenvalue weighted by Crippen LogP contribution is -2.57. The molecular weight excluding hydrogens is 531 g/mol. The second-order valence-electron chi connectivity index (χ2n) is 10.3. The van der Waals surface area contributed by atoms with Gasteiger partial charge in [-0.2, -0.15) is 0 Å². The summed E-state index contributed by atoms with van der Waals surface area (Å²) >= 11 is 12.7. The minimum Gasteiger partial charge on any atom is -0.394 e. The number of benzene rings is 2. The van der Waals surface area contributed by atoms with Gasteiger partial charge in [0.25, 0.3) is 5.56 Å². The van der Waals surface area contributed by atoms with Gasteiger partial charge in [0.05, 0.1) is 15.7 Å². The normalized spacial score (nSPS) is 17.0. The van der Waals surface area contributed by atoms with Crippen LogP contribution in [-0.2, 0) is 4.84 Å². The number of aromatic nitrogens is 1. The number of rotatable bonds is 7. The van der Waals surface area contributed by atoms with Crippen LogP contribution in [0.25, 0.3) is 5.69 Å². The summed E-state index contributed by atoms with van der Waals surface area (Å²) < 4.78 is 29.9. The maximum Gasteiger partial charge on any atom is 0.255 e. The van der Waals surface area contributed by atoms with Gasteiger partial charge in [0.2, 0.25) is 0 Å². The zero-order chi connectivity index (χ0) is 27.7. The zero-order valence-corrected chi connectivity index (χ0v) is 23.2. The van der Waals surface area contributed by atoms with Crippen molar-refractivity contribution in [1.82, 2.24) is 9.47 Å². The van der Waals surface area contributed by atoms with E-state index in [-0.39, 0.29) is 44.7 Å². The molecule has 0 radical (unpaired) electrons. The molecule has 0 saturated carbocycles. The van der Waals surface area contributed by atoms with Gasteiger partial charge in [-0.3, -0.25) is 14.3 Å². The SMILES string of the molecule is CC1(C)C=CCC(C)(C)N1CCO/N=C(\c1ccc(=O)n(-c2c(Cl)cccc2Cl)c1)c1ccc(F)cc1F. The molecule has 2 heterocycles. The number of hydrogen-bond acceptors (Lipinski definition) is 4. The molecule has 0 amide bonds. The summed E-state index contributed by atoms with van der Waals surface area (Å²) in [4.78, 5) is 20.8. The molecule has 0 spiro atoms. The van der Waals surface area contributed by atoms with Crippen LogP contribution in [0.2, 0.25) is 10.0 Å². The summed E-state index contributed by atoms with van der Waals surface area (Å²) in [5.74, 6) is -1.54. The third kappa shape index (κ3) is 5.85. The van der Waals surface area contributed by atoms with Crippen LogP contribution in [0.3, 0.4) is 0 Å². The van der Waals surface area contributed by atoms with Crippen molar-refractivity contribution in [2.45, 2.75) is 45.2 Å². The number of hydrogen-bond donors (Lipinski definition) is 0. The lowest BCUT2D eigenvalue weighted by atomic mass is 9.85. The second-order valence-corrected chi connectivity index (χ2v) is 11.1. The maximum absolute atomic E-state index is 14.9. The van der Waals surface area contributed by atoms with Gasteiger partial charge in [-0.1, -0.05) is 46.6 Å². The van der Waals surface area contributed by atoms with Gasteiger partial charge in [-0.25, -0.2) is 8.78 Å². The van der Waals surface area contributed by atoms with Gasteiger partial charge in [0.15, 0.2) is 0 Å². The Morgan fingerprint density at radius 2 is 1.76 bits per heavy atom. The molecule has 2 aromatic carbocycles.